The Morgan fingerprint density at radius 2 is 2.25 bits per heavy atom. The molecular formula is C11H14F2N2O. The smallest absolute Gasteiger partial charge is 0.130 e. The molecule has 2 unspecified atom stereocenters. The Hall–Kier alpha value is -1.04. The Morgan fingerprint density at radius 3 is 2.88 bits per heavy atom. The fraction of sp³-hybridized carbons (Fsp3) is 0.455. The minimum Gasteiger partial charge on any atom is -0.378 e. The molecule has 1 fully saturated rings. The van der Waals surface area contributed by atoms with Crippen LogP contribution in [0.4, 0.5) is 8.78 Å². The standard InChI is InChI=1S/C11H14F2N2O/c12-7-1-2-8(9(13)5-7)11(14)10-6-16-4-3-15-10/h1-2,5,10-11,15H,3-4,6,14H2. The van der Waals surface area contributed by atoms with Crippen LogP contribution in [0.15, 0.2) is 18.2 Å². The van der Waals surface area contributed by atoms with Gasteiger partial charge in [-0.3, -0.25) is 0 Å². The van der Waals surface area contributed by atoms with Crippen LogP contribution >= 0.6 is 0 Å². The van der Waals surface area contributed by atoms with E-state index in [1.807, 2.05) is 0 Å². The van der Waals surface area contributed by atoms with Gasteiger partial charge in [0, 0.05) is 24.2 Å². The van der Waals surface area contributed by atoms with Crippen molar-refractivity contribution < 1.29 is 13.5 Å². The van der Waals surface area contributed by atoms with E-state index in [0.717, 1.165) is 6.07 Å². The second-order valence-electron chi connectivity index (χ2n) is 3.83. The quantitative estimate of drug-likeness (QED) is 0.792. The molecule has 2 rings (SSSR count). The van der Waals surface area contributed by atoms with Crippen LogP contribution in [0.3, 0.4) is 0 Å². The van der Waals surface area contributed by atoms with E-state index in [2.05, 4.69) is 5.32 Å². The lowest BCUT2D eigenvalue weighted by Gasteiger charge is -2.29. The summed E-state index contributed by atoms with van der Waals surface area (Å²) in [5.74, 6) is -1.21. The minimum atomic E-state index is -0.611. The van der Waals surface area contributed by atoms with Gasteiger partial charge in [-0.15, -0.1) is 0 Å². The van der Waals surface area contributed by atoms with E-state index < -0.39 is 17.7 Å². The molecule has 0 spiro atoms. The number of nitrogens with two attached hydrogens (primary N) is 1. The molecule has 1 heterocycles. The predicted octanol–water partition coefficient (Wildman–Crippen LogP) is 0.953. The molecule has 1 aromatic carbocycles. The number of nitrogens with one attached hydrogen (secondary N) is 1. The summed E-state index contributed by atoms with van der Waals surface area (Å²) in [6.07, 6.45) is 0. The fourth-order valence-corrected chi connectivity index (χ4v) is 1.80. The lowest BCUT2D eigenvalue weighted by Crippen LogP contribution is -2.47. The Morgan fingerprint density at radius 1 is 1.44 bits per heavy atom. The Bertz CT molecular complexity index is 367. The van der Waals surface area contributed by atoms with E-state index in [1.54, 1.807) is 0 Å². The summed E-state index contributed by atoms with van der Waals surface area (Å²) < 4.78 is 31.4. The monoisotopic (exact) mass is 228 g/mol. The zero-order chi connectivity index (χ0) is 11.5. The van der Waals surface area contributed by atoms with Gasteiger partial charge in [0.1, 0.15) is 11.6 Å². The Balaban J connectivity index is 2.15. The van der Waals surface area contributed by atoms with Crippen LogP contribution in [0, 0.1) is 11.6 Å². The molecule has 0 saturated carbocycles. The highest BCUT2D eigenvalue weighted by Crippen LogP contribution is 2.20. The maximum Gasteiger partial charge on any atom is 0.130 e. The van der Waals surface area contributed by atoms with Gasteiger partial charge < -0.3 is 15.8 Å². The first-order valence-electron chi connectivity index (χ1n) is 5.20. The maximum atomic E-state index is 13.5. The average Bonchev–Trinajstić information content (AvgIpc) is 2.29. The fourth-order valence-electron chi connectivity index (χ4n) is 1.80. The molecule has 2 atom stereocenters. The number of morpholine rings is 1. The summed E-state index contributed by atoms with van der Waals surface area (Å²) in [5, 5.41) is 3.15. The van der Waals surface area contributed by atoms with Crippen molar-refractivity contribution in [2.75, 3.05) is 19.8 Å². The Labute approximate surface area is 92.6 Å². The molecule has 0 amide bonds. The summed E-state index contributed by atoms with van der Waals surface area (Å²) in [6, 6.07) is 2.78. The van der Waals surface area contributed by atoms with E-state index in [0.29, 0.717) is 25.3 Å². The van der Waals surface area contributed by atoms with Gasteiger partial charge in [-0.1, -0.05) is 6.07 Å². The van der Waals surface area contributed by atoms with Crippen molar-refractivity contribution >= 4 is 0 Å². The number of rotatable bonds is 2. The molecule has 3 nitrogen and oxygen atoms in total. The summed E-state index contributed by atoms with van der Waals surface area (Å²) in [6.45, 7) is 1.77. The van der Waals surface area contributed by atoms with E-state index in [9.17, 15) is 8.78 Å². The van der Waals surface area contributed by atoms with Crippen molar-refractivity contribution in [3.8, 4) is 0 Å². The van der Waals surface area contributed by atoms with Gasteiger partial charge >= 0.3 is 0 Å². The zero-order valence-electron chi connectivity index (χ0n) is 8.75. The molecule has 0 aliphatic carbocycles. The van der Waals surface area contributed by atoms with Crippen LogP contribution in [0.1, 0.15) is 11.6 Å². The normalized spacial score (nSPS) is 23.1. The highest BCUT2D eigenvalue weighted by atomic mass is 19.1. The zero-order valence-corrected chi connectivity index (χ0v) is 8.75. The van der Waals surface area contributed by atoms with Crippen molar-refractivity contribution in [2.24, 2.45) is 5.73 Å². The lowest BCUT2D eigenvalue weighted by atomic mass is 9.99. The van der Waals surface area contributed by atoms with E-state index in [1.165, 1.54) is 12.1 Å². The summed E-state index contributed by atoms with van der Waals surface area (Å²) >= 11 is 0. The van der Waals surface area contributed by atoms with Crippen LogP contribution < -0.4 is 11.1 Å². The summed E-state index contributed by atoms with van der Waals surface area (Å²) in [5.41, 5.74) is 6.23. The number of ether oxygens (including phenoxy) is 1. The third-order valence-electron chi connectivity index (χ3n) is 2.71. The highest BCUT2D eigenvalue weighted by molar-refractivity contribution is 5.23. The molecule has 0 aromatic heterocycles. The molecule has 1 aliphatic rings. The largest absolute Gasteiger partial charge is 0.378 e. The van der Waals surface area contributed by atoms with E-state index in [4.69, 9.17) is 10.5 Å². The third-order valence-corrected chi connectivity index (χ3v) is 2.71. The molecule has 88 valence electrons. The molecule has 1 aromatic rings. The predicted molar refractivity (Wildman–Crippen MR) is 55.9 cm³/mol. The lowest BCUT2D eigenvalue weighted by molar-refractivity contribution is 0.0681. The van der Waals surface area contributed by atoms with Gasteiger partial charge in [-0.2, -0.15) is 0 Å². The topological polar surface area (TPSA) is 47.3 Å². The molecule has 0 radical (unpaired) electrons. The minimum absolute atomic E-state index is 0.131. The first-order chi connectivity index (χ1) is 7.68. The van der Waals surface area contributed by atoms with Crippen molar-refractivity contribution in [3.63, 3.8) is 0 Å². The Kier molecular flexibility index (Phi) is 3.48. The molecule has 1 aliphatic heterocycles. The van der Waals surface area contributed by atoms with Crippen LogP contribution in [0.25, 0.3) is 0 Å². The number of halogens is 2. The first-order valence-corrected chi connectivity index (χ1v) is 5.20. The highest BCUT2D eigenvalue weighted by Gasteiger charge is 2.24. The van der Waals surface area contributed by atoms with Gasteiger partial charge in [0.2, 0.25) is 0 Å². The average molecular weight is 228 g/mol. The van der Waals surface area contributed by atoms with E-state index >= 15 is 0 Å². The number of hydrogen-bond acceptors (Lipinski definition) is 3. The summed E-state index contributed by atoms with van der Waals surface area (Å²) in [4.78, 5) is 0. The van der Waals surface area contributed by atoms with Crippen molar-refractivity contribution in [1.82, 2.24) is 5.32 Å². The summed E-state index contributed by atoms with van der Waals surface area (Å²) in [7, 11) is 0. The SMILES string of the molecule is NC(c1ccc(F)cc1F)C1COCCN1. The molecule has 16 heavy (non-hydrogen) atoms. The van der Waals surface area contributed by atoms with Crippen molar-refractivity contribution in [3.05, 3.63) is 35.4 Å². The second kappa shape index (κ2) is 4.86. The second-order valence-corrected chi connectivity index (χ2v) is 3.83. The van der Waals surface area contributed by atoms with Gasteiger partial charge in [0.15, 0.2) is 0 Å². The van der Waals surface area contributed by atoms with Crippen LogP contribution in [0.2, 0.25) is 0 Å². The van der Waals surface area contributed by atoms with Crippen molar-refractivity contribution in [2.45, 2.75) is 12.1 Å². The van der Waals surface area contributed by atoms with Crippen LogP contribution in [0.5, 0.6) is 0 Å². The molecule has 1 saturated heterocycles. The van der Waals surface area contributed by atoms with Gasteiger partial charge in [0.25, 0.3) is 0 Å². The number of benzene rings is 1. The van der Waals surface area contributed by atoms with E-state index in [-0.39, 0.29) is 6.04 Å². The van der Waals surface area contributed by atoms with Gasteiger partial charge in [-0.25, -0.2) is 8.78 Å². The van der Waals surface area contributed by atoms with Crippen molar-refractivity contribution in [1.29, 1.82) is 0 Å². The molecular weight excluding hydrogens is 214 g/mol. The molecule has 0 bridgehead atoms. The maximum absolute atomic E-state index is 13.5. The van der Waals surface area contributed by atoms with Gasteiger partial charge in [0.05, 0.1) is 19.3 Å². The van der Waals surface area contributed by atoms with Crippen LogP contribution in [-0.4, -0.2) is 25.8 Å². The molecule has 3 N–H and O–H groups in total. The van der Waals surface area contributed by atoms with Crippen LogP contribution in [-0.2, 0) is 4.74 Å². The van der Waals surface area contributed by atoms with Gasteiger partial charge in [-0.05, 0) is 6.07 Å². The first kappa shape index (κ1) is 11.4. The third kappa shape index (κ3) is 2.37. The number of hydrogen-bond donors (Lipinski definition) is 2. The molecule has 5 heteroatoms.